The maximum atomic E-state index is 12.2. The second-order valence-corrected chi connectivity index (χ2v) is 5.78. The summed E-state index contributed by atoms with van der Waals surface area (Å²) in [4.78, 5) is 14.4. The Kier molecular flexibility index (Phi) is 4.80. The van der Waals surface area contributed by atoms with Crippen molar-refractivity contribution in [2.75, 3.05) is 44.7 Å². The molecule has 1 atom stereocenters. The fourth-order valence-electron chi connectivity index (χ4n) is 2.74. The van der Waals surface area contributed by atoms with E-state index in [0.29, 0.717) is 31.5 Å². The topological polar surface area (TPSA) is 62.8 Å². The zero-order valence-corrected chi connectivity index (χ0v) is 12.9. The first kappa shape index (κ1) is 15.1. The minimum atomic E-state index is 0.00300. The number of fused-ring (bicyclic) bond motifs is 1. The van der Waals surface area contributed by atoms with Gasteiger partial charge in [-0.2, -0.15) is 0 Å². The lowest BCUT2D eigenvalue weighted by Gasteiger charge is -2.33. The first-order chi connectivity index (χ1) is 10.7. The van der Waals surface area contributed by atoms with Crippen LogP contribution in [0.5, 0.6) is 11.5 Å². The van der Waals surface area contributed by atoms with Crippen LogP contribution in [0.1, 0.15) is 13.3 Å². The molecule has 6 heteroatoms. The van der Waals surface area contributed by atoms with E-state index in [2.05, 4.69) is 22.5 Å². The van der Waals surface area contributed by atoms with E-state index in [-0.39, 0.29) is 5.91 Å². The fourth-order valence-corrected chi connectivity index (χ4v) is 2.74. The summed E-state index contributed by atoms with van der Waals surface area (Å²) in [7, 11) is 0. The van der Waals surface area contributed by atoms with E-state index in [1.165, 1.54) is 0 Å². The highest BCUT2D eigenvalue weighted by molar-refractivity contribution is 5.92. The first-order valence-electron chi connectivity index (χ1n) is 7.86. The van der Waals surface area contributed by atoms with E-state index in [4.69, 9.17) is 9.47 Å². The van der Waals surface area contributed by atoms with Crippen molar-refractivity contribution in [1.29, 1.82) is 0 Å². The highest BCUT2D eigenvalue weighted by atomic mass is 16.5. The van der Waals surface area contributed by atoms with Crippen molar-refractivity contribution in [3.63, 3.8) is 0 Å². The van der Waals surface area contributed by atoms with Crippen LogP contribution in [0, 0.1) is 0 Å². The van der Waals surface area contributed by atoms with Crippen LogP contribution in [-0.4, -0.2) is 56.2 Å². The van der Waals surface area contributed by atoms with Gasteiger partial charge in [0, 0.05) is 43.9 Å². The van der Waals surface area contributed by atoms with Crippen molar-refractivity contribution in [3.8, 4) is 11.5 Å². The quantitative estimate of drug-likeness (QED) is 0.875. The Morgan fingerprint density at radius 2 is 2.18 bits per heavy atom. The van der Waals surface area contributed by atoms with E-state index < -0.39 is 0 Å². The van der Waals surface area contributed by atoms with E-state index in [9.17, 15) is 4.79 Å². The van der Waals surface area contributed by atoms with Gasteiger partial charge < -0.3 is 20.1 Å². The number of nitrogens with one attached hydrogen (secondary N) is 2. The summed E-state index contributed by atoms with van der Waals surface area (Å²) in [6.45, 7) is 6.61. The van der Waals surface area contributed by atoms with E-state index in [1.807, 2.05) is 18.2 Å². The Hall–Kier alpha value is -1.79. The lowest BCUT2D eigenvalue weighted by atomic mass is 10.2. The van der Waals surface area contributed by atoms with Crippen molar-refractivity contribution in [3.05, 3.63) is 18.2 Å². The van der Waals surface area contributed by atoms with E-state index in [0.717, 1.165) is 37.5 Å². The molecule has 0 aromatic heterocycles. The number of anilines is 1. The molecule has 2 aliphatic rings. The second kappa shape index (κ2) is 6.98. The van der Waals surface area contributed by atoms with Gasteiger partial charge in [-0.1, -0.05) is 0 Å². The van der Waals surface area contributed by atoms with Crippen molar-refractivity contribution in [2.24, 2.45) is 0 Å². The Bertz CT molecular complexity index is 535. The van der Waals surface area contributed by atoms with Crippen LogP contribution >= 0.6 is 0 Å². The van der Waals surface area contributed by atoms with Crippen molar-refractivity contribution in [2.45, 2.75) is 19.4 Å². The second-order valence-electron chi connectivity index (χ2n) is 5.78. The minimum Gasteiger partial charge on any atom is -0.490 e. The molecule has 0 spiro atoms. The fraction of sp³-hybridized carbons (Fsp3) is 0.562. The molecule has 1 aromatic carbocycles. The monoisotopic (exact) mass is 305 g/mol. The predicted octanol–water partition coefficient (Wildman–Crippen LogP) is 1.08. The lowest BCUT2D eigenvalue weighted by molar-refractivity contribution is -0.118. The third kappa shape index (κ3) is 3.69. The molecule has 6 nitrogen and oxygen atoms in total. The normalized spacial score (nSPS) is 22.0. The summed E-state index contributed by atoms with van der Waals surface area (Å²) in [5.41, 5.74) is 0.747. The van der Waals surface area contributed by atoms with Crippen LogP contribution in [0.25, 0.3) is 0 Å². The number of piperazine rings is 1. The van der Waals surface area contributed by atoms with E-state index >= 15 is 0 Å². The number of rotatable bonds is 3. The third-order valence-corrected chi connectivity index (χ3v) is 4.02. The van der Waals surface area contributed by atoms with Gasteiger partial charge in [0.25, 0.3) is 0 Å². The maximum absolute atomic E-state index is 12.2. The van der Waals surface area contributed by atoms with Gasteiger partial charge in [-0.25, -0.2) is 0 Å². The molecular weight excluding hydrogens is 282 g/mol. The predicted molar refractivity (Wildman–Crippen MR) is 84.6 cm³/mol. The SMILES string of the molecule is C[C@H]1CNCCN1CC(=O)Nc1ccc2c(c1)OCCCO2. The van der Waals surface area contributed by atoms with Gasteiger partial charge in [0.2, 0.25) is 5.91 Å². The molecule has 0 unspecified atom stereocenters. The van der Waals surface area contributed by atoms with Crippen LogP contribution in [0.2, 0.25) is 0 Å². The molecular formula is C16H23N3O3. The van der Waals surface area contributed by atoms with Crippen LogP contribution in [0.15, 0.2) is 18.2 Å². The molecule has 0 saturated carbocycles. The molecule has 1 saturated heterocycles. The Labute approximate surface area is 130 Å². The third-order valence-electron chi connectivity index (χ3n) is 4.02. The number of hydrogen-bond acceptors (Lipinski definition) is 5. The summed E-state index contributed by atoms with van der Waals surface area (Å²) in [5, 5.41) is 6.27. The molecule has 1 amide bonds. The van der Waals surface area contributed by atoms with Crippen molar-refractivity contribution >= 4 is 11.6 Å². The number of carbonyl (C=O) groups excluding carboxylic acids is 1. The average Bonchev–Trinajstić information content (AvgIpc) is 2.74. The number of carbonyl (C=O) groups is 1. The van der Waals surface area contributed by atoms with Gasteiger partial charge in [-0.3, -0.25) is 9.69 Å². The molecule has 2 N–H and O–H groups in total. The summed E-state index contributed by atoms with van der Waals surface area (Å²) < 4.78 is 11.2. The van der Waals surface area contributed by atoms with Gasteiger partial charge in [0.1, 0.15) is 0 Å². The number of hydrogen-bond donors (Lipinski definition) is 2. The van der Waals surface area contributed by atoms with E-state index in [1.54, 1.807) is 0 Å². The molecule has 2 heterocycles. The Morgan fingerprint density at radius 1 is 1.36 bits per heavy atom. The molecule has 1 fully saturated rings. The summed E-state index contributed by atoms with van der Waals surface area (Å²) in [6, 6.07) is 5.92. The molecule has 3 rings (SSSR count). The van der Waals surface area contributed by atoms with Gasteiger partial charge in [-0.05, 0) is 19.1 Å². The summed E-state index contributed by atoms with van der Waals surface area (Å²) >= 11 is 0. The highest BCUT2D eigenvalue weighted by Gasteiger charge is 2.20. The summed E-state index contributed by atoms with van der Waals surface area (Å²) in [5.74, 6) is 1.44. The van der Waals surface area contributed by atoms with Gasteiger partial charge in [0.15, 0.2) is 11.5 Å². The number of amides is 1. The van der Waals surface area contributed by atoms with Crippen LogP contribution in [0.4, 0.5) is 5.69 Å². The van der Waals surface area contributed by atoms with Crippen LogP contribution < -0.4 is 20.1 Å². The lowest BCUT2D eigenvalue weighted by Crippen LogP contribution is -2.51. The number of ether oxygens (including phenoxy) is 2. The number of nitrogens with zero attached hydrogens (tertiary/aromatic N) is 1. The van der Waals surface area contributed by atoms with Gasteiger partial charge >= 0.3 is 0 Å². The van der Waals surface area contributed by atoms with Gasteiger partial charge in [0.05, 0.1) is 19.8 Å². The molecule has 0 radical (unpaired) electrons. The molecule has 22 heavy (non-hydrogen) atoms. The standard InChI is InChI=1S/C16H23N3O3/c1-12-10-17-5-6-19(12)11-16(20)18-13-3-4-14-15(9-13)22-8-2-7-21-14/h3-4,9,12,17H,2,5-8,10-11H2,1H3,(H,18,20)/t12-/m0/s1. The Balaban J connectivity index is 1.60. The maximum Gasteiger partial charge on any atom is 0.238 e. The number of benzene rings is 1. The van der Waals surface area contributed by atoms with Crippen LogP contribution in [0.3, 0.4) is 0 Å². The minimum absolute atomic E-state index is 0.00300. The molecule has 0 bridgehead atoms. The zero-order valence-electron chi connectivity index (χ0n) is 12.9. The van der Waals surface area contributed by atoms with Crippen molar-refractivity contribution in [1.82, 2.24) is 10.2 Å². The molecule has 1 aromatic rings. The smallest absolute Gasteiger partial charge is 0.238 e. The summed E-state index contributed by atoms with van der Waals surface area (Å²) in [6.07, 6.45) is 0.872. The van der Waals surface area contributed by atoms with Gasteiger partial charge in [-0.15, -0.1) is 0 Å². The largest absolute Gasteiger partial charge is 0.490 e. The Morgan fingerprint density at radius 3 is 3.00 bits per heavy atom. The molecule has 120 valence electrons. The molecule has 2 aliphatic heterocycles. The zero-order chi connectivity index (χ0) is 15.4. The molecule has 0 aliphatic carbocycles. The average molecular weight is 305 g/mol. The highest BCUT2D eigenvalue weighted by Crippen LogP contribution is 2.32. The van der Waals surface area contributed by atoms with Crippen molar-refractivity contribution < 1.29 is 14.3 Å². The van der Waals surface area contributed by atoms with Crippen LogP contribution in [-0.2, 0) is 4.79 Å². The first-order valence-corrected chi connectivity index (χ1v) is 7.86.